The van der Waals surface area contributed by atoms with Crippen molar-refractivity contribution >= 4 is 5.69 Å². The highest BCUT2D eigenvalue weighted by Crippen LogP contribution is 2.35. The van der Waals surface area contributed by atoms with Crippen LogP contribution in [0.1, 0.15) is 13.8 Å². The molecule has 2 rings (SSSR count). The van der Waals surface area contributed by atoms with Crippen molar-refractivity contribution in [2.24, 2.45) is 0 Å². The number of halogens is 2. The topological polar surface area (TPSA) is 44.5 Å². The molecule has 0 aliphatic heterocycles. The normalized spacial score (nSPS) is 10.7. The molecule has 0 aromatic heterocycles. The number of para-hydroxylation sites is 1. The van der Waals surface area contributed by atoms with Gasteiger partial charge in [0.1, 0.15) is 17.2 Å². The molecule has 0 spiro atoms. The average molecular weight is 279 g/mol. The minimum absolute atomic E-state index is 0.0317. The van der Waals surface area contributed by atoms with Crippen LogP contribution < -0.4 is 15.2 Å². The fraction of sp³-hybridized carbons (Fsp3) is 0.200. The zero-order valence-corrected chi connectivity index (χ0v) is 11.2. The number of ether oxygens (including phenoxy) is 2. The Balaban J connectivity index is 2.27. The van der Waals surface area contributed by atoms with Crippen LogP contribution in [0, 0.1) is 11.6 Å². The van der Waals surface area contributed by atoms with Crippen LogP contribution in [-0.4, -0.2) is 6.10 Å². The number of nitrogens with two attached hydrogens (primary N) is 1. The van der Waals surface area contributed by atoms with Crippen molar-refractivity contribution in [3.63, 3.8) is 0 Å². The maximum Gasteiger partial charge on any atom is 0.162 e. The third-order valence-corrected chi connectivity index (χ3v) is 2.51. The second-order valence-electron chi connectivity index (χ2n) is 4.51. The van der Waals surface area contributed by atoms with Crippen LogP contribution in [0.5, 0.6) is 17.2 Å². The van der Waals surface area contributed by atoms with Crippen molar-refractivity contribution < 1.29 is 18.3 Å². The van der Waals surface area contributed by atoms with Gasteiger partial charge in [0.15, 0.2) is 17.4 Å². The largest absolute Gasteiger partial charge is 0.489 e. The lowest BCUT2D eigenvalue weighted by Gasteiger charge is -2.15. The van der Waals surface area contributed by atoms with Crippen molar-refractivity contribution in [1.29, 1.82) is 0 Å². The Morgan fingerprint density at radius 3 is 2.35 bits per heavy atom. The van der Waals surface area contributed by atoms with E-state index in [1.54, 1.807) is 18.2 Å². The Morgan fingerprint density at radius 2 is 1.70 bits per heavy atom. The second kappa shape index (κ2) is 5.77. The van der Waals surface area contributed by atoms with Gasteiger partial charge in [-0.2, -0.15) is 0 Å². The summed E-state index contributed by atoms with van der Waals surface area (Å²) in [5.74, 6) is -0.926. The van der Waals surface area contributed by atoms with Gasteiger partial charge in [-0.3, -0.25) is 0 Å². The number of benzene rings is 2. The minimum atomic E-state index is -0.976. The van der Waals surface area contributed by atoms with E-state index in [0.717, 1.165) is 12.1 Å². The highest BCUT2D eigenvalue weighted by atomic mass is 19.2. The molecule has 20 heavy (non-hydrogen) atoms. The average Bonchev–Trinajstić information content (AvgIpc) is 2.38. The first-order valence-corrected chi connectivity index (χ1v) is 6.15. The highest BCUT2D eigenvalue weighted by Gasteiger charge is 2.11. The Labute approximate surface area is 115 Å². The number of rotatable bonds is 4. The molecule has 0 radical (unpaired) electrons. The second-order valence-corrected chi connectivity index (χ2v) is 4.51. The SMILES string of the molecule is CC(C)Oc1cccc(Oc2ccc(F)c(F)c2)c1N. The first-order chi connectivity index (χ1) is 9.47. The van der Waals surface area contributed by atoms with E-state index in [1.807, 2.05) is 13.8 Å². The molecule has 0 saturated carbocycles. The molecule has 0 saturated heterocycles. The number of anilines is 1. The summed E-state index contributed by atoms with van der Waals surface area (Å²) in [5.41, 5.74) is 6.24. The zero-order valence-electron chi connectivity index (χ0n) is 11.2. The van der Waals surface area contributed by atoms with Gasteiger partial charge in [0.25, 0.3) is 0 Å². The molecule has 2 aromatic carbocycles. The van der Waals surface area contributed by atoms with E-state index in [1.165, 1.54) is 6.07 Å². The quantitative estimate of drug-likeness (QED) is 0.856. The maximum absolute atomic E-state index is 13.1. The van der Waals surface area contributed by atoms with Crippen molar-refractivity contribution in [1.82, 2.24) is 0 Å². The minimum Gasteiger partial charge on any atom is -0.489 e. The van der Waals surface area contributed by atoms with E-state index in [9.17, 15) is 8.78 Å². The van der Waals surface area contributed by atoms with Crippen molar-refractivity contribution in [2.45, 2.75) is 20.0 Å². The maximum atomic E-state index is 13.1. The van der Waals surface area contributed by atoms with E-state index < -0.39 is 11.6 Å². The van der Waals surface area contributed by atoms with Gasteiger partial charge in [0.05, 0.1) is 6.10 Å². The summed E-state index contributed by atoms with van der Waals surface area (Å²) in [7, 11) is 0. The van der Waals surface area contributed by atoms with Crippen molar-refractivity contribution in [3.8, 4) is 17.2 Å². The van der Waals surface area contributed by atoms with E-state index in [2.05, 4.69) is 0 Å². The smallest absolute Gasteiger partial charge is 0.162 e. The molecule has 0 fully saturated rings. The van der Waals surface area contributed by atoms with Gasteiger partial charge in [-0.05, 0) is 38.1 Å². The summed E-state index contributed by atoms with van der Waals surface area (Å²) in [4.78, 5) is 0. The Hall–Kier alpha value is -2.30. The number of hydrogen-bond acceptors (Lipinski definition) is 3. The predicted octanol–water partition coefficient (Wildman–Crippen LogP) is 4.13. The number of nitrogen functional groups attached to an aromatic ring is 1. The molecule has 0 heterocycles. The monoisotopic (exact) mass is 279 g/mol. The van der Waals surface area contributed by atoms with Gasteiger partial charge < -0.3 is 15.2 Å². The molecule has 0 bridgehead atoms. The summed E-state index contributed by atoms with van der Waals surface area (Å²) in [6.07, 6.45) is -0.0317. The van der Waals surface area contributed by atoms with Gasteiger partial charge in [-0.15, -0.1) is 0 Å². The molecule has 0 amide bonds. The van der Waals surface area contributed by atoms with Gasteiger partial charge in [-0.1, -0.05) is 6.07 Å². The van der Waals surface area contributed by atoms with E-state index >= 15 is 0 Å². The van der Waals surface area contributed by atoms with Crippen LogP contribution in [0.25, 0.3) is 0 Å². The van der Waals surface area contributed by atoms with E-state index in [4.69, 9.17) is 15.2 Å². The molecule has 0 aliphatic rings. The molecule has 0 atom stereocenters. The van der Waals surface area contributed by atoms with Gasteiger partial charge in [0, 0.05) is 6.07 Å². The van der Waals surface area contributed by atoms with Crippen LogP contribution in [0.15, 0.2) is 36.4 Å². The van der Waals surface area contributed by atoms with Crippen LogP contribution >= 0.6 is 0 Å². The number of hydrogen-bond donors (Lipinski definition) is 1. The third kappa shape index (κ3) is 3.17. The van der Waals surface area contributed by atoms with E-state index in [-0.39, 0.29) is 11.9 Å². The fourth-order valence-electron chi connectivity index (χ4n) is 1.64. The Morgan fingerprint density at radius 1 is 1.00 bits per heavy atom. The summed E-state index contributed by atoms with van der Waals surface area (Å²) in [6, 6.07) is 8.34. The first-order valence-electron chi connectivity index (χ1n) is 6.15. The molecular weight excluding hydrogens is 264 g/mol. The summed E-state index contributed by atoms with van der Waals surface area (Å²) in [5, 5.41) is 0. The van der Waals surface area contributed by atoms with Crippen molar-refractivity contribution in [2.75, 3.05) is 5.73 Å². The van der Waals surface area contributed by atoms with Crippen LogP contribution in [0.4, 0.5) is 14.5 Å². The summed E-state index contributed by atoms with van der Waals surface area (Å²) >= 11 is 0. The standard InChI is InChI=1S/C15H15F2NO2/c1-9(2)19-13-4-3-5-14(15(13)18)20-10-6-7-11(16)12(17)8-10/h3-9H,18H2,1-2H3. The Kier molecular flexibility index (Phi) is 4.08. The molecule has 5 heteroatoms. The summed E-state index contributed by atoms with van der Waals surface area (Å²) in [6.45, 7) is 3.75. The lowest BCUT2D eigenvalue weighted by atomic mass is 10.2. The molecule has 3 nitrogen and oxygen atoms in total. The first kappa shape index (κ1) is 14.1. The van der Waals surface area contributed by atoms with Crippen LogP contribution in [-0.2, 0) is 0 Å². The molecular formula is C15H15F2NO2. The predicted molar refractivity (Wildman–Crippen MR) is 73.1 cm³/mol. The van der Waals surface area contributed by atoms with Crippen LogP contribution in [0.2, 0.25) is 0 Å². The van der Waals surface area contributed by atoms with Crippen LogP contribution in [0.3, 0.4) is 0 Å². The van der Waals surface area contributed by atoms with E-state index in [0.29, 0.717) is 17.2 Å². The van der Waals surface area contributed by atoms with Gasteiger partial charge in [0.2, 0.25) is 0 Å². The van der Waals surface area contributed by atoms with Crippen molar-refractivity contribution in [3.05, 3.63) is 48.0 Å². The molecule has 2 N–H and O–H groups in total. The zero-order chi connectivity index (χ0) is 14.7. The van der Waals surface area contributed by atoms with Gasteiger partial charge in [-0.25, -0.2) is 8.78 Å². The highest BCUT2D eigenvalue weighted by molar-refractivity contribution is 5.63. The Bertz CT molecular complexity index is 615. The lowest BCUT2D eigenvalue weighted by molar-refractivity contribution is 0.243. The fourth-order valence-corrected chi connectivity index (χ4v) is 1.64. The summed E-state index contributed by atoms with van der Waals surface area (Å²) < 4.78 is 37.0. The third-order valence-electron chi connectivity index (χ3n) is 2.51. The van der Waals surface area contributed by atoms with Gasteiger partial charge >= 0.3 is 0 Å². The molecule has 0 unspecified atom stereocenters. The molecule has 106 valence electrons. The molecule has 2 aromatic rings. The molecule has 0 aliphatic carbocycles. The lowest BCUT2D eigenvalue weighted by Crippen LogP contribution is -2.07.